The van der Waals surface area contributed by atoms with Gasteiger partial charge in [-0.25, -0.2) is 0 Å². The Labute approximate surface area is 82.9 Å². The van der Waals surface area contributed by atoms with E-state index >= 15 is 0 Å². The molecule has 0 atom stereocenters. The van der Waals surface area contributed by atoms with Crippen LogP contribution in [0.15, 0.2) is 18.2 Å². The van der Waals surface area contributed by atoms with Crippen molar-refractivity contribution < 1.29 is 9.84 Å². The minimum Gasteiger partial charge on any atom is -0.481 e. The summed E-state index contributed by atoms with van der Waals surface area (Å²) < 4.78 is 5.01. The number of methoxy groups -OCH3 is 1. The molecule has 1 aliphatic rings. The Morgan fingerprint density at radius 1 is 1.50 bits per heavy atom. The van der Waals surface area contributed by atoms with E-state index < -0.39 is 0 Å². The maximum Gasteiger partial charge on any atom is 0.214 e. The fraction of sp³-hybridized carbons (Fsp3) is 0.500. The number of pyridine rings is 1. The molecule has 0 amide bonds. The van der Waals surface area contributed by atoms with Crippen molar-refractivity contribution in [3.05, 3.63) is 18.2 Å². The predicted octanol–water partition coefficient (Wildman–Crippen LogP) is 1.03. The summed E-state index contributed by atoms with van der Waals surface area (Å²) in [6.07, 6.45) is 1.47. The van der Waals surface area contributed by atoms with E-state index in [2.05, 4.69) is 10.3 Å². The summed E-state index contributed by atoms with van der Waals surface area (Å²) in [4.78, 5) is 4.22. The summed E-state index contributed by atoms with van der Waals surface area (Å²) in [6, 6.07) is 5.95. The van der Waals surface area contributed by atoms with E-state index in [1.54, 1.807) is 13.2 Å². The fourth-order valence-electron chi connectivity index (χ4n) is 1.52. The van der Waals surface area contributed by atoms with Gasteiger partial charge in [-0.05, 0) is 18.9 Å². The van der Waals surface area contributed by atoms with Gasteiger partial charge in [0.25, 0.3) is 0 Å². The second-order valence-electron chi connectivity index (χ2n) is 3.53. The highest BCUT2D eigenvalue weighted by molar-refractivity contribution is 5.38. The molecule has 0 radical (unpaired) electrons. The molecule has 0 bridgehead atoms. The molecule has 76 valence electrons. The number of anilines is 1. The smallest absolute Gasteiger partial charge is 0.214 e. The molecule has 0 aromatic carbocycles. The van der Waals surface area contributed by atoms with Crippen LogP contribution in [0.2, 0.25) is 0 Å². The molecule has 1 aliphatic carbocycles. The number of ether oxygens (including phenoxy) is 1. The second kappa shape index (κ2) is 3.84. The Hall–Kier alpha value is -1.29. The molecule has 1 fully saturated rings. The summed E-state index contributed by atoms with van der Waals surface area (Å²) >= 11 is 0. The SMILES string of the molecule is COc1cccc(NC2CC(O)C2)n1. The van der Waals surface area contributed by atoms with E-state index in [4.69, 9.17) is 9.84 Å². The van der Waals surface area contributed by atoms with Crippen molar-refractivity contribution in [2.75, 3.05) is 12.4 Å². The van der Waals surface area contributed by atoms with Gasteiger partial charge in [0.05, 0.1) is 13.2 Å². The molecule has 4 nitrogen and oxygen atoms in total. The number of aliphatic hydroxyl groups is 1. The van der Waals surface area contributed by atoms with Crippen molar-refractivity contribution in [2.24, 2.45) is 0 Å². The lowest BCUT2D eigenvalue weighted by atomic mass is 9.89. The molecule has 0 saturated heterocycles. The molecule has 0 spiro atoms. The number of hydrogen-bond donors (Lipinski definition) is 2. The molecule has 1 aromatic heterocycles. The highest BCUT2D eigenvalue weighted by atomic mass is 16.5. The maximum absolute atomic E-state index is 9.11. The Morgan fingerprint density at radius 2 is 2.29 bits per heavy atom. The summed E-state index contributed by atoms with van der Waals surface area (Å²) in [6.45, 7) is 0. The van der Waals surface area contributed by atoms with Crippen LogP contribution in [0, 0.1) is 0 Å². The minimum atomic E-state index is -0.141. The number of nitrogens with one attached hydrogen (secondary N) is 1. The molecular formula is C10H14N2O2. The highest BCUT2D eigenvalue weighted by Gasteiger charge is 2.27. The van der Waals surface area contributed by atoms with Gasteiger partial charge < -0.3 is 15.2 Å². The van der Waals surface area contributed by atoms with Crippen molar-refractivity contribution in [1.82, 2.24) is 4.98 Å². The summed E-state index contributed by atoms with van der Waals surface area (Å²) in [5, 5.41) is 12.3. The Bertz CT molecular complexity index is 311. The van der Waals surface area contributed by atoms with Crippen LogP contribution >= 0.6 is 0 Å². The molecule has 0 aliphatic heterocycles. The van der Waals surface area contributed by atoms with Gasteiger partial charge >= 0.3 is 0 Å². The van der Waals surface area contributed by atoms with Gasteiger partial charge in [0.2, 0.25) is 5.88 Å². The number of aliphatic hydroxyl groups excluding tert-OH is 1. The monoisotopic (exact) mass is 194 g/mol. The largest absolute Gasteiger partial charge is 0.481 e. The van der Waals surface area contributed by atoms with Crippen molar-refractivity contribution in [2.45, 2.75) is 25.0 Å². The zero-order valence-corrected chi connectivity index (χ0v) is 8.10. The van der Waals surface area contributed by atoms with Gasteiger partial charge in [-0.2, -0.15) is 4.98 Å². The van der Waals surface area contributed by atoms with E-state index in [1.807, 2.05) is 12.1 Å². The van der Waals surface area contributed by atoms with Crippen LogP contribution in [0.1, 0.15) is 12.8 Å². The summed E-state index contributed by atoms with van der Waals surface area (Å²) in [7, 11) is 1.60. The topological polar surface area (TPSA) is 54.4 Å². The van der Waals surface area contributed by atoms with E-state index in [-0.39, 0.29) is 6.10 Å². The van der Waals surface area contributed by atoms with Crippen LogP contribution in [-0.4, -0.2) is 29.3 Å². The fourth-order valence-corrected chi connectivity index (χ4v) is 1.52. The van der Waals surface area contributed by atoms with Crippen molar-refractivity contribution in [3.63, 3.8) is 0 Å². The predicted molar refractivity (Wildman–Crippen MR) is 53.4 cm³/mol. The zero-order valence-electron chi connectivity index (χ0n) is 8.10. The molecule has 2 rings (SSSR count). The highest BCUT2D eigenvalue weighted by Crippen LogP contribution is 2.23. The molecule has 0 unspecified atom stereocenters. The maximum atomic E-state index is 9.11. The van der Waals surface area contributed by atoms with E-state index in [0.29, 0.717) is 11.9 Å². The third-order valence-corrected chi connectivity index (χ3v) is 2.40. The first kappa shape index (κ1) is 9.27. The average molecular weight is 194 g/mol. The second-order valence-corrected chi connectivity index (χ2v) is 3.53. The lowest BCUT2D eigenvalue weighted by molar-refractivity contribution is 0.0835. The molecule has 1 saturated carbocycles. The third kappa shape index (κ3) is 1.96. The van der Waals surface area contributed by atoms with Gasteiger partial charge in [0, 0.05) is 12.1 Å². The molecule has 2 N–H and O–H groups in total. The minimum absolute atomic E-state index is 0.141. The van der Waals surface area contributed by atoms with E-state index in [0.717, 1.165) is 18.7 Å². The van der Waals surface area contributed by atoms with Crippen molar-refractivity contribution in [3.8, 4) is 5.88 Å². The molecule has 4 heteroatoms. The quantitative estimate of drug-likeness (QED) is 0.754. The normalized spacial score (nSPS) is 25.3. The van der Waals surface area contributed by atoms with Crippen LogP contribution < -0.4 is 10.1 Å². The number of rotatable bonds is 3. The Kier molecular flexibility index (Phi) is 2.54. The van der Waals surface area contributed by atoms with Gasteiger partial charge in [-0.1, -0.05) is 6.07 Å². The third-order valence-electron chi connectivity index (χ3n) is 2.40. The molecule has 1 heterocycles. The molecular weight excluding hydrogens is 180 g/mol. The molecule has 1 aromatic rings. The van der Waals surface area contributed by atoms with Gasteiger partial charge in [-0.3, -0.25) is 0 Å². The van der Waals surface area contributed by atoms with Gasteiger partial charge in [0.1, 0.15) is 5.82 Å². The van der Waals surface area contributed by atoms with Crippen LogP contribution in [0.4, 0.5) is 5.82 Å². The van der Waals surface area contributed by atoms with Crippen molar-refractivity contribution >= 4 is 5.82 Å². The summed E-state index contributed by atoms with van der Waals surface area (Å²) in [5.41, 5.74) is 0. The van der Waals surface area contributed by atoms with Crippen LogP contribution in [-0.2, 0) is 0 Å². The number of hydrogen-bond acceptors (Lipinski definition) is 4. The lowest BCUT2D eigenvalue weighted by Gasteiger charge is -2.32. The standard InChI is InChI=1S/C10H14N2O2/c1-14-10-4-2-3-9(12-10)11-7-5-8(13)6-7/h2-4,7-8,13H,5-6H2,1H3,(H,11,12). The Morgan fingerprint density at radius 3 is 2.93 bits per heavy atom. The van der Waals surface area contributed by atoms with Crippen LogP contribution in [0.25, 0.3) is 0 Å². The van der Waals surface area contributed by atoms with E-state index in [9.17, 15) is 0 Å². The molecule has 14 heavy (non-hydrogen) atoms. The van der Waals surface area contributed by atoms with Gasteiger partial charge in [-0.15, -0.1) is 0 Å². The first-order valence-electron chi connectivity index (χ1n) is 4.73. The first-order valence-corrected chi connectivity index (χ1v) is 4.73. The van der Waals surface area contributed by atoms with E-state index in [1.165, 1.54) is 0 Å². The van der Waals surface area contributed by atoms with Gasteiger partial charge in [0.15, 0.2) is 0 Å². The average Bonchev–Trinajstić information content (AvgIpc) is 2.16. The first-order chi connectivity index (χ1) is 6.78. The van der Waals surface area contributed by atoms with Crippen molar-refractivity contribution in [1.29, 1.82) is 0 Å². The summed E-state index contributed by atoms with van der Waals surface area (Å²) in [5.74, 6) is 1.41. The number of aromatic nitrogens is 1. The Balaban J connectivity index is 1.95. The van der Waals surface area contributed by atoms with Crippen LogP contribution in [0.3, 0.4) is 0 Å². The zero-order chi connectivity index (χ0) is 9.97. The van der Waals surface area contributed by atoms with Crippen LogP contribution in [0.5, 0.6) is 5.88 Å². The number of nitrogens with zero attached hydrogens (tertiary/aromatic N) is 1. The lowest BCUT2D eigenvalue weighted by Crippen LogP contribution is -2.39.